The average Bonchev–Trinajstić information content (AvgIpc) is 3.18. The van der Waals surface area contributed by atoms with Gasteiger partial charge in [-0.1, -0.05) is 19.1 Å². The Morgan fingerprint density at radius 1 is 1.32 bits per heavy atom. The standard InChI is InChI=1S/C21H23N3O4/c1-4-15-18(22-20(26)17(19(15)25)21(27)28)12-6-5-11-7-13-9-14(23(2)3)10-24(13)16(11)8-12/h5-8,14H,4,9-10H2,1-3H3,(H,27,28)(H2,22,25,26). The zero-order chi connectivity index (χ0) is 20.2. The smallest absolute Gasteiger partial charge is 0.345 e. The Balaban J connectivity index is 1.88. The molecule has 1 aliphatic heterocycles. The number of hydrogen-bond acceptors (Lipinski definition) is 4. The van der Waals surface area contributed by atoms with Crippen LogP contribution in [0.2, 0.25) is 0 Å². The van der Waals surface area contributed by atoms with Gasteiger partial charge in [0.2, 0.25) is 0 Å². The van der Waals surface area contributed by atoms with Crippen LogP contribution in [0.5, 0.6) is 5.75 Å². The van der Waals surface area contributed by atoms with Crippen LogP contribution in [0, 0.1) is 0 Å². The van der Waals surface area contributed by atoms with E-state index in [0.29, 0.717) is 23.7 Å². The number of benzene rings is 1. The summed E-state index contributed by atoms with van der Waals surface area (Å²) >= 11 is 0. The summed E-state index contributed by atoms with van der Waals surface area (Å²) in [6.45, 7) is 2.72. The predicted octanol–water partition coefficient (Wildman–Crippen LogP) is 2.45. The minimum absolute atomic E-state index is 0.394. The quantitative estimate of drug-likeness (QED) is 0.645. The van der Waals surface area contributed by atoms with Crippen molar-refractivity contribution in [3.05, 3.63) is 51.4 Å². The molecule has 0 bridgehead atoms. The number of nitrogens with one attached hydrogen (secondary N) is 1. The zero-order valence-corrected chi connectivity index (χ0v) is 16.1. The molecule has 1 aliphatic rings. The molecule has 1 unspecified atom stereocenters. The fourth-order valence-corrected chi connectivity index (χ4v) is 4.13. The molecule has 3 heterocycles. The lowest BCUT2D eigenvalue weighted by atomic mass is 9.99. The molecule has 146 valence electrons. The predicted molar refractivity (Wildman–Crippen MR) is 107 cm³/mol. The fraction of sp³-hybridized carbons (Fsp3) is 0.333. The highest BCUT2D eigenvalue weighted by molar-refractivity contribution is 5.92. The number of aromatic amines is 1. The molecule has 2 aromatic heterocycles. The van der Waals surface area contributed by atoms with Gasteiger partial charge in [-0.05, 0) is 38.0 Å². The number of carboxylic acids is 1. The summed E-state index contributed by atoms with van der Waals surface area (Å²) in [6, 6.07) is 8.54. The monoisotopic (exact) mass is 381 g/mol. The summed E-state index contributed by atoms with van der Waals surface area (Å²) in [5, 5.41) is 20.8. The molecule has 0 saturated heterocycles. The van der Waals surface area contributed by atoms with E-state index in [1.54, 1.807) is 0 Å². The third-order valence-electron chi connectivity index (χ3n) is 5.70. The van der Waals surface area contributed by atoms with Crippen molar-refractivity contribution in [1.29, 1.82) is 0 Å². The second-order valence-electron chi connectivity index (χ2n) is 7.53. The van der Waals surface area contributed by atoms with E-state index in [0.717, 1.165) is 29.4 Å². The van der Waals surface area contributed by atoms with E-state index in [1.807, 2.05) is 25.1 Å². The molecule has 0 fully saturated rings. The number of carbonyl (C=O) groups is 1. The van der Waals surface area contributed by atoms with Crippen LogP contribution in [0.1, 0.15) is 28.5 Å². The number of likely N-dealkylation sites (N-methyl/N-ethyl adjacent to an activating group) is 1. The van der Waals surface area contributed by atoms with E-state index < -0.39 is 22.8 Å². The lowest BCUT2D eigenvalue weighted by Crippen LogP contribution is -2.28. The third-order valence-corrected chi connectivity index (χ3v) is 5.70. The molecule has 0 radical (unpaired) electrons. The maximum atomic E-state index is 12.3. The third kappa shape index (κ3) is 2.70. The van der Waals surface area contributed by atoms with Crippen LogP contribution in [0.3, 0.4) is 0 Å². The number of hydrogen-bond donors (Lipinski definition) is 3. The topological polar surface area (TPSA) is 98.6 Å². The SMILES string of the molecule is CCc1c(-c2ccc3cc4n(c3c2)CC(N(C)C)C4)[nH]c(=O)c(C(=O)O)c1O. The molecule has 3 N–H and O–H groups in total. The van der Waals surface area contributed by atoms with Gasteiger partial charge in [0.05, 0.1) is 5.69 Å². The first kappa shape index (κ1) is 18.3. The van der Waals surface area contributed by atoms with Gasteiger partial charge in [-0.3, -0.25) is 4.79 Å². The number of H-pyrrole nitrogens is 1. The van der Waals surface area contributed by atoms with Crippen molar-refractivity contribution in [1.82, 2.24) is 14.5 Å². The number of rotatable bonds is 4. The van der Waals surface area contributed by atoms with Crippen LogP contribution >= 0.6 is 0 Å². The first-order valence-corrected chi connectivity index (χ1v) is 9.32. The Hall–Kier alpha value is -3.06. The molecule has 3 aromatic rings. The van der Waals surface area contributed by atoms with Gasteiger partial charge in [0.1, 0.15) is 5.75 Å². The Bertz CT molecular complexity index is 1160. The molecule has 1 atom stereocenters. The van der Waals surface area contributed by atoms with Crippen LogP contribution in [0.15, 0.2) is 29.1 Å². The van der Waals surface area contributed by atoms with E-state index in [1.165, 1.54) is 5.69 Å². The zero-order valence-electron chi connectivity index (χ0n) is 16.1. The summed E-state index contributed by atoms with van der Waals surface area (Å²) < 4.78 is 2.29. The Morgan fingerprint density at radius 3 is 2.71 bits per heavy atom. The average molecular weight is 381 g/mol. The van der Waals surface area contributed by atoms with Gasteiger partial charge >= 0.3 is 5.97 Å². The lowest BCUT2D eigenvalue weighted by molar-refractivity contribution is 0.0691. The first-order valence-electron chi connectivity index (χ1n) is 9.32. The van der Waals surface area contributed by atoms with Gasteiger partial charge in [-0.25, -0.2) is 4.79 Å². The van der Waals surface area contributed by atoms with Crippen molar-refractivity contribution < 1.29 is 15.0 Å². The largest absolute Gasteiger partial charge is 0.506 e. The molecular weight excluding hydrogens is 358 g/mol. The number of aromatic carboxylic acids is 1. The number of aromatic nitrogens is 2. The van der Waals surface area contributed by atoms with Crippen molar-refractivity contribution in [3.63, 3.8) is 0 Å². The van der Waals surface area contributed by atoms with Gasteiger partial charge in [0, 0.05) is 41.3 Å². The summed E-state index contributed by atoms with van der Waals surface area (Å²) in [5.41, 5.74) is 2.58. The molecule has 0 saturated carbocycles. The van der Waals surface area contributed by atoms with Crippen molar-refractivity contribution in [2.75, 3.05) is 14.1 Å². The minimum Gasteiger partial charge on any atom is -0.506 e. The van der Waals surface area contributed by atoms with Gasteiger partial charge < -0.3 is 24.7 Å². The van der Waals surface area contributed by atoms with E-state index in [4.69, 9.17) is 0 Å². The number of fused-ring (bicyclic) bond motifs is 3. The first-order chi connectivity index (χ1) is 13.3. The van der Waals surface area contributed by atoms with E-state index >= 15 is 0 Å². The lowest BCUT2D eigenvalue weighted by Gasteiger charge is -2.18. The molecular formula is C21H23N3O4. The van der Waals surface area contributed by atoms with Crippen LogP contribution in [-0.2, 0) is 19.4 Å². The molecule has 28 heavy (non-hydrogen) atoms. The van der Waals surface area contributed by atoms with Crippen LogP contribution in [0.25, 0.3) is 22.2 Å². The van der Waals surface area contributed by atoms with Crippen LogP contribution in [0.4, 0.5) is 0 Å². The Kier molecular flexibility index (Phi) is 4.27. The molecule has 0 amide bonds. The minimum atomic E-state index is -1.44. The second-order valence-corrected chi connectivity index (χ2v) is 7.53. The van der Waals surface area contributed by atoms with Crippen molar-refractivity contribution >= 4 is 16.9 Å². The summed E-state index contributed by atoms with van der Waals surface area (Å²) in [5.74, 6) is -1.89. The maximum Gasteiger partial charge on any atom is 0.345 e. The highest BCUT2D eigenvalue weighted by Gasteiger charge is 2.26. The molecule has 0 aliphatic carbocycles. The normalized spacial score (nSPS) is 16.1. The summed E-state index contributed by atoms with van der Waals surface area (Å²) in [4.78, 5) is 28.5. The van der Waals surface area contributed by atoms with Crippen molar-refractivity contribution in [3.8, 4) is 17.0 Å². The number of carboxylic acid groups (broad SMARTS) is 1. The van der Waals surface area contributed by atoms with Gasteiger partial charge in [0.15, 0.2) is 5.56 Å². The summed E-state index contributed by atoms with van der Waals surface area (Å²) in [7, 11) is 4.16. The maximum absolute atomic E-state index is 12.3. The van der Waals surface area contributed by atoms with Crippen LogP contribution in [-0.4, -0.2) is 50.8 Å². The van der Waals surface area contributed by atoms with Crippen LogP contribution < -0.4 is 5.56 Å². The van der Waals surface area contributed by atoms with E-state index in [-0.39, 0.29) is 0 Å². The Morgan fingerprint density at radius 2 is 2.07 bits per heavy atom. The number of pyridine rings is 1. The molecule has 7 heteroatoms. The number of aromatic hydroxyl groups is 1. The van der Waals surface area contributed by atoms with Gasteiger partial charge in [0.25, 0.3) is 5.56 Å². The molecule has 1 aromatic carbocycles. The summed E-state index contributed by atoms with van der Waals surface area (Å²) in [6.07, 6.45) is 1.38. The second kappa shape index (κ2) is 6.53. The fourth-order valence-electron chi connectivity index (χ4n) is 4.13. The highest BCUT2D eigenvalue weighted by Crippen LogP contribution is 2.34. The van der Waals surface area contributed by atoms with Crippen molar-refractivity contribution in [2.45, 2.75) is 32.4 Å². The molecule has 0 spiro atoms. The highest BCUT2D eigenvalue weighted by atomic mass is 16.4. The van der Waals surface area contributed by atoms with Gasteiger partial charge in [-0.15, -0.1) is 0 Å². The molecule has 7 nitrogen and oxygen atoms in total. The molecule has 4 rings (SSSR count). The van der Waals surface area contributed by atoms with E-state index in [2.05, 4.69) is 34.6 Å². The number of nitrogens with zero attached hydrogens (tertiary/aromatic N) is 2. The van der Waals surface area contributed by atoms with E-state index in [9.17, 15) is 19.8 Å². The van der Waals surface area contributed by atoms with Gasteiger partial charge in [-0.2, -0.15) is 0 Å². The Labute approximate surface area is 161 Å². The van der Waals surface area contributed by atoms with Crippen molar-refractivity contribution in [2.24, 2.45) is 0 Å².